The summed E-state index contributed by atoms with van der Waals surface area (Å²) in [6.07, 6.45) is 0.795. The number of amides is 1. The summed E-state index contributed by atoms with van der Waals surface area (Å²) in [6.45, 7) is 5.50. The third kappa shape index (κ3) is 3.01. The summed E-state index contributed by atoms with van der Waals surface area (Å²) in [5.41, 5.74) is 10.4. The molecule has 1 aromatic carbocycles. The molecule has 6 nitrogen and oxygen atoms in total. The molecule has 0 bridgehead atoms. The van der Waals surface area contributed by atoms with E-state index in [-0.39, 0.29) is 18.6 Å². The zero-order chi connectivity index (χ0) is 20.0. The predicted molar refractivity (Wildman–Crippen MR) is 111 cm³/mol. The van der Waals surface area contributed by atoms with Crippen LogP contribution in [0.25, 0.3) is 10.2 Å². The van der Waals surface area contributed by atoms with Gasteiger partial charge in [0.05, 0.1) is 5.69 Å². The lowest BCUT2D eigenvalue weighted by atomic mass is 10.1. The van der Waals surface area contributed by atoms with Crippen LogP contribution >= 0.6 is 11.3 Å². The third-order valence-electron chi connectivity index (χ3n) is 5.01. The lowest BCUT2D eigenvalue weighted by molar-refractivity contribution is -0.122. The Bertz CT molecular complexity index is 1110. The monoisotopic (exact) mass is 395 g/mol. The minimum Gasteiger partial charge on any atom is -0.451 e. The molecule has 0 saturated carbocycles. The van der Waals surface area contributed by atoms with Crippen molar-refractivity contribution in [1.82, 2.24) is 4.98 Å². The van der Waals surface area contributed by atoms with Crippen molar-refractivity contribution in [2.24, 2.45) is 0 Å². The molecule has 2 N–H and O–H groups in total. The van der Waals surface area contributed by atoms with Crippen molar-refractivity contribution in [2.45, 2.75) is 33.2 Å². The number of nitrogens with zero attached hydrogens (tertiary/aromatic N) is 2. The summed E-state index contributed by atoms with van der Waals surface area (Å²) in [4.78, 5) is 32.5. The SMILES string of the molecule is Cc1cc(C)c2c(N)c(C(=O)OCC(=O)N3c4ccccc4C[C@H]3C)sc2n1. The molecular formula is C21H21N3O3S. The summed E-state index contributed by atoms with van der Waals surface area (Å²) < 4.78 is 5.32. The first-order valence-corrected chi connectivity index (χ1v) is 9.91. The number of nitrogen functional groups attached to an aromatic ring is 1. The van der Waals surface area contributed by atoms with E-state index in [0.717, 1.165) is 34.3 Å². The van der Waals surface area contributed by atoms with E-state index >= 15 is 0 Å². The molecule has 1 atom stereocenters. The molecule has 1 aliphatic rings. The van der Waals surface area contributed by atoms with Gasteiger partial charge in [-0.15, -0.1) is 11.3 Å². The molecule has 4 rings (SSSR count). The molecule has 1 aliphatic heterocycles. The molecule has 1 amide bonds. The number of benzene rings is 1. The quantitative estimate of drug-likeness (QED) is 0.685. The minimum absolute atomic E-state index is 0.0350. The second-order valence-corrected chi connectivity index (χ2v) is 8.13. The lowest BCUT2D eigenvalue weighted by Gasteiger charge is -2.22. The van der Waals surface area contributed by atoms with Gasteiger partial charge >= 0.3 is 5.97 Å². The predicted octanol–water partition coefficient (Wildman–Crippen LogP) is 3.63. The standard InChI is InChI=1S/C21H21N3O3S/c1-11-8-12(2)23-20-17(11)18(22)19(28-20)21(26)27-10-16(25)24-13(3)9-14-6-4-5-7-15(14)24/h4-8,13H,9-10,22H2,1-3H3/t13-/m1/s1. The van der Waals surface area contributed by atoms with Crippen LogP contribution in [0.15, 0.2) is 30.3 Å². The number of esters is 1. The largest absolute Gasteiger partial charge is 0.451 e. The molecule has 144 valence electrons. The van der Waals surface area contributed by atoms with Gasteiger partial charge in [0.15, 0.2) is 6.61 Å². The fourth-order valence-electron chi connectivity index (χ4n) is 3.83. The minimum atomic E-state index is -0.592. The Morgan fingerprint density at radius 2 is 2.07 bits per heavy atom. The van der Waals surface area contributed by atoms with Gasteiger partial charge < -0.3 is 15.4 Å². The summed E-state index contributed by atoms with van der Waals surface area (Å²) in [7, 11) is 0. The Hall–Kier alpha value is -2.93. The molecule has 0 aliphatic carbocycles. The smallest absolute Gasteiger partial charge is 0.351 e. The number of fused-ring (bicyclic) bond motifs is 2. The van der Waals surface area contributed by atoms with Gasteiger partial charge in [-0.25, -0.2) is 9.78 Å². The molecule has 0 unspecified atom stereocenters. The van der Waals surface area contributed by atoms with E-state index in [2.05, 4.69) is 4.98 Å². The van der Waals surface area contributed by atoms with E-state index < -0.39 is 5.97 Å². The normalized spacial score (nSPS) is 15.7. The Morgan fingerprint density at radius 1 is 1.32 bits per heavy atom. The molecule has 0 saturated heterocycles. The van der Waals surface area contributed by atoms with Gasteiger partial charge in [0.1, 0.15) is 9.71 Å². The number of hydrogen-bond acceptors (Lipinski definition) is 6. The number of aromatic nitrogens is 1. The van der Waals surface area contributed by atoms with Crippen LogP contribution in [-0.2, 0) is 16.0 Å². The number of anilines is 2. The average Bonchev–Trinajstić information content (AvgIpc) is 3.15. The molecule has 0 fully saturated rings. The van der Waals surface area contributed by atoms with Crippen LogP contribution in [0.2, 0.25) is 0 Å². The van der Waals surface area contributed by atoms with Gasteiger partial charge in [-0.05, 0) is 50.5 Å². The molecular weight excluding hydrogens is 374 g/mol. The summed E-state index contributed by atoms with van der Waals surface area (Å²) in [6, 6.07) is 9.75. The number of aryl methyl sites for hydroxylation is 2. The topological polar surface area (TPSA) is 85.5 Å². The molecule has 28 heavy (non-hydrogen) atoms. The van der Waals surface area contributed by atoms with E-state index in [9.17, 15) is 9.59 Å². The van der Waals surface area contributed by atoms with Crippen molar-refractivity contribution in [3.05, 3.63) is 52.0 Å². The van der Waals surface area contributed by atoms with Crippen molar-refractivity contribution in [3.63, 3.8) is 0 Å². The van der Waals surface area contributed by atoms with Crippen LogP contribution < -0.4 is 10.6 Å². The van der Waals surface area contributed by atoms with Crippen molar-refractivity contribution in [2.75, 3.05) is 17.2 Å². The average molecular weight is 395 g/mol. The molecule has 3 aromatic rings. The number of rotatable bonds is 3. The first kappa shape index (κ1) is 18.4. The van der Waals surface area contributed by atoms with Crippen LogP contribution in [0.1, 0.15) is 33.4 Å². The molecule has 3 heterocycles. The fourth-order valence-corrected chi connectivity index (χ4v) is 4.94. The summed E-state index contributed by atoms with van der Waals surface area (Å²) in [5.74, 6) is -0.832. The van der Waals surface area contributed by atoms with Gasteiger partial charge in [-0.3, -0.25) is 4.79 Å². The molecule has 0 spiro atoms. The highest BCUT2D eigenvalue weighted by Crippen LogP contribution is 2.36. The number of pyridine rings is 1. The number of carbonyl (C=O) groups excluding carboxylic acids is 2. The van der Waals surface area contributed by atoms with Crippen molar-refractivity contribution in [1.29, 1.82) is 0 Å². The van der Waals surface area contributed by atoms with Gasteiger partial charge in [0, 0.05) is 22.8 Å². The van der Waals surface area contributed by atoms with Crippen LogP contribution in [0, 0.1) is 13.8 Å². The third-order valence-corrected chi connectivity index (χ3v) is 6.09. The number of thiophene rings is 1. The first-order chi connectivity index (χ1) is 13.4. The van der Waals surface area contributed by atoms with E-state index in [0.29, 0.717) is 15.4 Å². The van der Waals surface area contributed by atoms with Crippen molar-refractivity contribution >= 4 is 44.8 Å². The first-order valence-electron chi connectivity index (χ1n) is 9.10. The zero-order valence-electron chi connectivity index (χ0n) is 16.0. The van der Waals surface area contributed by atoms with Crippen molar-refractivity contribution < 1.29 is 14.3 Å². The Morgan fingerprint density at radius 3 is 2.86 bits per heavy atom. The summed E-state index contributed by atoms with van der Waals surface area (Å²) >= 11 is 1.20. The number of hydrogen-bond donors (Lipinski definition) is 1. The molecule has 7 heteroatoms. The highest BCUT2D eigenvalue weighted by atomic mass is 32.1. The van der Waals surface area contributed by atoms with Crippen LogP contribution in [0.3, 0.4) is 0 Å². The second kappa shape index (κ2) is 6.91. The Labute approximate surface area is 166 Å². The van der Waals surface area contributed by atoms with Crippen LogP contribution in [0.5, 0.6) is 0 Å². The highest BCUT2D eigenvalue weighted by molar-refractivity contribution is 7.21. The van der Waals surface area contributed by atoms with Crippen LogP contribution in [0.4, 0.5) is 11.4 Å². The maximum atomic E-state index is 12.7. The molecule has 0 radical (unpaired) electrons. The van der Waals surface area contributed by atoms with E-state index in [1.165, 1.54) is 11.3 Å². The highest BCUT2D eigenvalue weighted by Gasteiger charge is 2.31. The number of para-hydroxylation sites is 1. The fraction of sp³-hybridized carbons (Fsp3) is 0.286. The van der Waals surface area contributed by atoms with E-state index in [4.69, 9.17) is 10.5 Å². The second-order valence-electron chi connectivity index (χ2n) is 7.13. The van der Waals surface area contributed by atoms with Crippen molar-refractivity contribution in [3.8, 4) is 0 Å². The Balaban J connectivity index is 1.52. The lowest BCUT2D eigenvalue weighted by Crippen LogP contribution is -2.38. The van der Waals surface area contributed by atoms with Gasteiger partial charge in [-0.2, -0.15) is 0 Å². The Kier molecular flexibility index (Phi) is 4.55. The van der Waals surface area contributed by atoms with Gasteiger partial charge in [0.2, 0.25) is 0 Å². The number of nitrogens with two attached hydrogens (primary N) is 1. The van der Waals surface area contributed by atoms with E-state index in [1.807, 2.05) is 51.1 Å². The van der Waals surface area contributed by atoms with E-state index in [1.54, 1.807) is 4.90 Å². The maximum Gasteiger partial charge on any atom is 0.351 e. The zero-order valence-corrected chi connectivity index (χ0v) is 16.8. The van der Waals surface area contributed by atoms with Crippen LogP contribution in [-0.4, -0.2) is 29.5 Å². The molecule has 2 aromatic heterocycles. The summed E-state index contributed by atoms with van der Waals surface area (Å²) in [5, 5.41) is 0.774. The number of carbonyl (C=O) groups is 2. The number of ether oxygens (including phenoxy) is 1. The van der Waals surface area contributed by atoms with Gasteiger partial charge in [-0.1, -0.05) is 18.2 Å². The van der Waals surface area contributed by atoms with Gasteiger partial charge in [0.25, 0.3) is 5.91 Å². The maximum absolute atomic E-state index is 12.7.